The number of carboxylic acid groups (broad SMARTS) is 1. The number of carboxylic acids is 1. The van der Waals surface area contributed by atoms with Gasteiger partial charge in [0.1, 0.15) is 5.57 Å². The standard InChI is InChI=1S/C19H14BrClN2O5/c1-10(19(26)27)28-16-14(20)8-11(9-15(16)21)7-13-17(24)22-23(18(13)25)12-5-3-2-4-6-12/h2-10H,1H3,(H,22,24)(H,26,27)/b13-7-/t10-/m1/s1. The molecule has 2 N–H and O–H groups in total. The number of carbonyl (C=O) groups is 3. The molecule has 1 heterocycles. The van der Waals surface area contributed by atoms with Crippen molar-refractivity contribution in [1.82, 2.24) is 5.43 Å². The Morgan fingerprint density at radius 2 is 1.96 bits per heavy atom. The van der Waals surface area contributed by atoms with Crippen LogP contribution in [0.4, 0.5) is 5.69 Å². The van der Waals surface area contributed by atoms with Gasteiger partial charge in [-0.25, -0.2) is 9.80 Å². The van der Waals surface area contributed by atoms with Crippen molar-refractivity contribution in [1.29, 1.82) is 0 Å². The molecule has 2 amide bonds. The molecule has 28 heavy (non-hydrogen) atoms. The zero-order valence-corrected chi connectivity index (χ0v) is 16.8. The molecule has 7 nitrogen and oxygen atoms in total. The first kappa shape index (κ1) is 19.9. The Morgan fingerprint density at radius 3 is 2.57 bits per heavy atom. The summed E-state index contributed by atoms with van der Waals surface area (Å²) in [5, 5.41) is 10.3. The number of hydrazine groups is 1. The van der Waals surface area contributed by atoms with E-state index >= 15 is 0 Å². The van der Waals surface area contributed by atoms with Crippen LogP contribution in [0.1, 0.15) is 12.5 Å². The van der Waals surface area contributed by atoms with Crippen molar-refractivity contribution in [3.05, 3.63) is 63.1 Å². The smallest absolute Gasteiger partial charge is 0.344 e. The number of carbonyl (C=O) groups excluding carboxylic acids is 2. The maximum atomic E-state index is 12.6. The van der Waals surface area contributed by atoms with Crippen molar-refractivity contribution in [3.63, 3.8) is 0 Å². The molecule has 0 bridgehead atoms. The minimum atomic E-state index is -1.14. The highest BCUT2D eigenvalue weighted by molar-refractivity contribution is 9.10. The monoisotopic (exact) mass is 464 g/mol. The van der Waals surface area contributed by atoms with Crippen LogP contribution in [0.2, 0.25) is 5.02 Å². The molecule has 144 valence electrons. The van der Waals surface area contributed by atoms with Crippen molar-refractivity contribution >= 4 is 57.1 Å². The molecule has 1 aliphatic rings. The van der Waals surface area contributed by atoms with E-state index in [1.165, 1.54) is 19.1 Å². The van der Waals surface area contributed by atoms with Crippen LogP contribution in [0.3, 0.4) is 0 Å². The first-order valence-electron chi connectivity index (χ1n) is 8.08. The summed E-state index contributed by atoms with van der Waals surface area (Å²) >= 11 is 9.47. The van der Waals surface area contributed by atoms with Crippen LogP contribution < -0.4 is 15.2 Å². The largest absolute Gasteiger partial charge is 0.479 e. The molecule has 1 aliphatic heterocycles. The number of nitrogens with zero attached hydrogens (tertiary/aromatic N) is 1. The Labute approximate surface area is 173 Å². The van der Waals surface area contributed by atoms with Gasteiger partial charge in [-0.2, -0.15) is 0 Å². The molecule has 9 heteroatoms. The Bertz CT molecular complexity index is 970. The highest BCUT2D eigenvalue weighted by Gasteiger charge is 2.34. The molecule has 3 rings (SSSR count). The lowest BCUT2D eigenvalue weighted by atomic mass is 10.1. The van der Waals surface area contributed by atoms with E-state index < -0.39 is 23.9 Å². The SMILES string of the molecule is C[C@@H](Oc1c(Cl)cc(/C=C2/C(=O)NN(c3ccccc3)C2=O)cc1Br)C(=O)O. The third-order valence-corrected chi connectivity index (χ3v) is 4.75. The minimum Gasteiger partial charge on any atom is -0.479 e. The van der Waals surface area contributed by atoms with Crippen LogP contribution in [0.25, 0.3) is 6.08 Å². The zero-order valence-electron chi connectivity index (χ0n) is 14.5. The fraction of sp³-hybridized carbons (Fsp3) is 0.105. The van der Waals surface area contributed by atoms with Gasteiger partial charge in [-0.15, -0.1) is 0 Å². The highest BCUT2D eigenvalue weighted by Crippen LogP contribution is 2.36. The second kappa shape index (κ2) is 8.04. The Balaban J connectivity index is 1.90. The minimum absolute atomic E-state index is 0.0561. The molecule has 0 unspecified atom stereocenters. The Morgan fingerprint density at radius 1 is 1.29 bits per heavy atom. The quantitative estimate of drug-likeness (QED) is 0.521. The van der Waals surface area contributed by atoms with Gasteiger partial charge in [-0.1, -0.05) is 29.8 Å². The average molecular weight is 466 g/mol. The van der Waals surface area contributed by atoms with Gasteiger partial charge in [-0.3, -0.25) is 15.0 Å². The highest BCUT2D eigenvalue weighted by atomic mass is 79.9. The Kier molecular flexibility index (Phi) is 5.71. The van der Waals surface area contributed by atoms with Crippen LogP contribution in [0, 0.1) is 0 Å². The van der Waals surface area contributed by atoms with E-state index in [4.69, 9.17) is 21.4 Å². The summed E-state index contributed by atoms with van der Waals surface area (Å²) in [5.41, 5.74) is 3.46. The molecular formula is C19H14BrClN2O5. The number of benzene rings is 2. The van der Waals surface area contributed by atoms with Crippen LogP contribution in [0.15, 0.2) is 52.5 Å². The number of halogens is 2. The molecule has 0 spiro atoms. The second-order valence-corrected chi connectivity index (χ2v) is 7.15. The fourth-order valence-corrected chi connectivity index (χ4v) is 3.44. The van der Waals surface area contributed by atoms with Crippen LogP contribution in [-0.4, -0.2) is 29.0 Å². The molecule has 0 aliphatic carbocycles. The average Bonchev–Trinajstić information content (AvgIpc) is 2.93. The number of nitrogens with one attached hydrogen (secondary N) is 1. The van der Waals surface area contributed by atoms with Crippen LogP contribution in [-0.2, 0) is 14.4 Å². The molecule has 0 radical (unpaired) electrons. The van der Waals surface area contributed by atoms with Gasteiger partial charge in [0, 0.05) is 0 Å². The topological polar surface area (TPSA) is 95.9 Å². The number of anilines is 1. The van der Waals surface area contributed by atoms with E-state index in [2.05, 4.69) is 21.4 Å². The Hall–Kier alpha value is -2.84. The van der Waals surface area contributed by atoms with Crippen molar-refractivity contribution in [2.45, 2.75) is 13.0 Å². The van der Waals surface area contributed by atoms with Gasteiger partial charge in [0.25, 0.3) is 11.8 Å². The molecule has 2 aromatic rings. The van der Waals surface area contributed by atoms with Gasteiger partial charge in [-0.05, 0) is 58.8 Å². The molecule has 1 fully saturated rings. The van der Waals surface area contributed by atoms with Crippen molar-refractivity contribution in [3.8, 4) is 5.75 Å². The van der Waals surface area contributed by atoms with E-state index in [0.29, 0.717) is 15.7 Å². The summed E-state index contributed by atoms with van der Waals surface area (Å²) < 4.78 is 5.72. The predicted octanol–water partition coefficient (Wildman–Crippen LogP) is 3.42. The molecule has 1 atom stereocenters. The number of rotatable bonds is 5. The van der Waals surface area contributed by atoms with Gasteiger partial charge in [0.2, 0.25) is 0 Å². The van der Waals surface area contributed by atoms with E-state index in [9.17, 15) is 14.4 Å². The van der Waals surface area contributed by atoms with Gasteiger partial charge in [0.15, 0.2) is 11.9 Å². The summed E-state index contributed by atoms with van der Waals surface area (Å²) in [5.74, 6) is -2.01. The fourth-order valence-electron chi connectivity index (χ4n) is 2.49. The number of hydrogen-bond donors (Lipinski definition) is 2. The van der Waals surface area contributed by atoms with E-state index in [1.807, 2.05) is 0 Å². The number of hydrogen-bond acceptors (Lipinski definition) is 4. The molecule has 1 saturated heterocycles. The first-order chi connectivity index (χ1) is 13.3. The number of para-hydroxylation sites is 1. The molecular weight excluding hydrogens is 452 g/mol. The summed E-state index contributed by atoms with van der Waals surface area (Å²) in [7, 11) is 0. The predicted molar refractivity (Wildman–Crippen MR) is 107 cm³/mol. The van der Waals surface area contributed by atoms with Gasteiger partial charge in [0.05, 0.1) is 15.2 Å². The molecule has 0 aromatic heterocycles. The van der Waals surface area contributed by atoms with Gasteiger partial charge >= 0.3 is 5.97 Å². The summed E-state index contributed by atoms with van der Waals surface area (Å²) in [4.78, 5) is 35.8. The summed E-state index contributed by atoms with van der Waals surface area (Å²) in [6, 6.07) is 11.8. The molecule has 2 aromatic carbocycles. The molecule has 0 saturated carbocycles. The van der Waals surface area contributed by atoms with E-state index in [1.54, 1.807) is 36.4 Å². The number of amides is 2. The number of ether oxygens (including phenoxy) is 1. The second-order valence-electron chi connectivity index (χ2n) is 5.89. The third-order valence-electron chi connectivity index (χ3n) is 3.88. The normalized spacial score (nSPS) is 16.2. The maximum Gasteiger partial charge on any atom is 0.344 e. The van der Waals surface area contributed by atoms with Crippen molar-refractivity contribution in [2.24, 2.45) is 0 Å². The van der Waals surface area contributed by atoms with Crippen LogP contribution in [0.5, 0.6) is 5.75 Å². The zero-order chi connectivity index (χ0) is 20.4. The first-order valence-corrected chi connectivity index (χ1v) is 9.25. The lowest BCUT2D eigenvalue weighted by molar-refractivity contribution is -0.144. The van der Waals surface area contributed by atoms with Crippen molar-refractivity contribution in [2.75, 3.05) is 5.01 Å². The summed E-state index contributed by atoms with van der Waals surface area (Å²) in [6.07, 6.45) is 0.307. The van der Waals surface area contributed by atoms with Crippen LogP contribution >= 0.6 is 27.5 Å². The van der Waals surface area contributed by atoms with E-state index in [-0.39, 0.29) is 16.3 Å². The van der Waals surface area contributed by atoms with E-state index in [0.717, 1.165) is 5.01 Å². The van der Waals surface area contributed by atoms with Crippen molar-refractivity contribution < 1.29 is 24.2 Å². The number of aliphatic carboxylic acids is 1. The lowest BCUT2D eigenvalue weighted by Crippen LogP contribution is -2.35. The maximum absolute atomic E-state index is 12.6. The third kappa shape index (κ3) is 4.02. The lowest BCUT2D eigenvalue weighted by Gasteiger charge is -2.14. The summed E-state index contributed by atoms with van der Waals surface area (Å²) in [6.45, 7) is 1.38. The van der Waals surface area contributed by atoms with Gasteiger partial charge < -0.3 is 9.84 Å².